The molecule has 0 spiro atoms. The molecule has 4 heteroatoms. The zero-order valence-corrected chi connectivity index (χ0v) is 14.0. The van der Waals surface area contributed by atoms with Crippen LogP contribution in [0.1, 0.15) is 57.6 Å². The number of unbranched alkanes of at least 4 members (excludes halogenated alkanes) is 3. The fourth-order valence-electron chi connectivity index (χ4n) is 2.37. The highest BCUT2D eigenvalue weighted by Gasteiger charge is 2.06. The maximum atomic E-state index is 9.82. The summed E-state index contributed by atoms with van der Waals surface area (Å²) in [5.41, 5.74) is 2.91. The number of ether oxygens (including phenoxy) is 1. The summed E-state index contributed by atoms with van der Waals surface area (Å²) in [5.74, 6) is 0. The number of aliphatic hydroxyl groups is 1. The van der Waals surface area contributed by atoms with Crippen LogP contribution in [0.4, 0.5) is 0 Å². The van der Waals surface area contributed by atoms with Crippen LogP contribution in [0.5, 0.6) is 6.01 Å². The smallest absolute Gasteiger partial charge is 0.316 e. The number of aliphatic hydroxyl groups excluding tert-OH is 1. The average molecular weight is 314 g/mol. The number of hydrogen-bond donors (Lipinski definition) is 1. The third-order valence-electron chi connectivity index (χ3n) is 3.87. The van der Waals surface area contributed by atoms with Gasteiger partial charge in [0, 0.05) is 18.0 Å². The first kappa shape index (κ1) is 17.4. The number of benzene rings is 1. The summed E-state index contributed by atoms with van der Waals surface area (Å²) in [6.07, 6.45) is 8.56. The van der Waals surface area contributed by atoms with Crippen LogP contribution in [0.2, 0.25) is 0 Å². The molecule has 1 N–H and O–H groups in total. The summed E-state index contributed by atoms with van der Waals surface area (Å²) < 4.78 is 5.55. The molecule has 1 atom stereocenters. The molecule has 0 saturated heterocycles. The van der Waals surface area contributed by atoms with Gasteiger partial charge in [0.25, 0.3) is 0 Å². The van der Waals surface area contributed by atoms with Crippen molar-refractivity contribution in [3.8, 4) is 17.1 Å². The molecule has 4 nitrogen and oxygen atoms in total. The van der Waals surface area contributed by atoms with Crippen LogP contribution in [0.25, 0.3) is 11.1 Å². The second-order valence-electron chi connectivity index (χ2n) is 5.71. The van der Waals surface area contributed by atoms with E-state index < -0.39 is 6.10 Å². The van der Waals surface area contributed by atoms with Crippen molar-refractivity contribution in [3.63, 3.8) is 0 Å². The van der Waals surface area contributed by atoms with Crippen molar-refractivity contribution in [2.24, 2.45) is 0 Å². The average Bonchev–Trinajstić information content (AvgIpc) is 2.61. The molecular weight excluding hydrogens is 288 g/mol. The standard InChI is InChI=1S/C19H26N2O2/c1-3-5-6-7-12-23-19-20-13-17(14-21-19)15-8-10-16(11-9-15)18(22)4-2/h8-11,13-14,18,22H,3-7,12H2,1-2H3. The Kier molecular flexibility index (Phi) is 7.01. The fourth-order valence-corrected chi connectivity index (χ4v) is 2.37. The van der Waals surface area contributed by atoms with Gasteiger partial charge in [-0.2, -0.15) is 0 Å². The van der Waals surface area contributed by atoms with Crippen LogP contribution >= 0.6 is 0 Å². The summed E-state index contributed by atoms with van der Waals surface area (Å²) in [5, 5.41) is 9.82. The molecule has 0 bridgehead atoms. The minimum absolute atomic E-state index is 0.399. The first-order valence-corrected chi connectivity index (χ1v) is 8.47. The van der Waals surface area contributed by atoms with Crippen molar-refractivity contribution >= 4 is 0 Å². The quantitative estimate of drug-likeness (QED) is 0.690. The van der Waals surface area contributed by atoms with Crippen LogP contribution < -0.4 is 4.74 Å². The van der Waals surface area contributed by atoms with E-state index in [4.69, 9.17) is 4.74 Å². The highest BCUT2D eigenvalue weighted by atomic mass is 16.5. The second-order valence-corrected chi connectivity index (χ2v) is 5.71. The van der Waals surface area contributed by atoms with E-state index in [1.807, 2.05) is 31.2 Å². The maximum Gasteiger partial charge on any atom is 0.316 e. The number of hydrogen-bond acceptors (Lipinski definition) is 4. The summed E-state index contributed by atoms with van der Waals surface area (Å²) in [4.78, 5) is 8.53. The van der Waals surface area contributed by atoms with Gasteiger partial charge in [0.05, 0.1) is 12.7 Å². The van der Waals surface area contributed by atoms with Crippen molar-refractivity contribution < 1.29 is 9.84 Å². The molecule has 124 valence electrons. The van der Waals surface area contributed by atoms with Gasteiger partial charge in [-0.15, -0.1) is 0 Å². The van der Waals surface area contributed by atoms with E-state index in [1.165, 1.54) is 19.3 Å². The Hall–Kier alpha value is -1.94. The van der Waals surface area contributed by atoms with Crippen molar-refractivity contribution in [2.75, 3.05) is 6.61 Å². The SMILES string of the molecule is CCCCCCOc1ncc(-c2ccc(C(O)CC)cc2)cn1. The first-order chi connectivity index (χ1) is 11.2. The van der Waals surface area contributed by atoms with Gasteiger partial charge in [-0.3, -0.25) is 0 Å². The highest BCUT2D eigenvalue weighted by Crippen LogP contribution is 2.22. The molecule has 0 amide bonds. The summed E-state index contributed by atoms with van der Waals surface area (Å²) >= 11 is 0. The Balaban J connectivity index is 1.91. The molecule has 1 heterocycles. The van der Waals surface area contributed by atoms with E-state index in [0.717, 1.165) is 23.1 Å². The lowest BCUT2D eigenvalue weighted by molar-refractivity contribution is 0.173. The molecule has 0 radical (unpaired) electrons. The van der Waals surface area contributed by atoms with E-state index in [2.05, 4.69) is 16.9 Å². The van der Waals surface area contributed by atoms with Gasteiger partial charge in [-0.25, -0.2) is 9.97 Å². The zero-order chi connectivity index (χ0) is 16.5. The predicted molar refractivity (Wildman–Crippen MR) is 92.4 cm³/mol. The molecule has 23 heavy (non-hydrogen) atoms. The fraction of sp³-hybridized carbons (Fsp3) is 0.474. The Labute approximate surface area is 138 Å². The Bertz CT molecular complexity index is 567. The van der Waals surface area contributed by atoms with Crippen molar-refractivity contribution in [2.45, 2.75) is 52.1 Å². The largest absolute Gasteiger partial charge is 0.463 e. The Morgan fingerprint density at radius 2 is 1.65 bits per heavy atom. The highest BCUT2D eigenvalue weighted by molar-refractivity contribution is 5.61. The second kappa shape index (κ2) is 9.26. The van der Waals surface area contributed by atoms with E-state index in [0.29, 0.717) is 19.0 Å². The number of nitrogens with zero attached hydrogens (tertiary/aromatic N) is 2. The van der Waals surface area contributed by atoms with E-state index in [9.17, 15) is 5.11 Å². The van der Waals surface area contributed by atoms with Gasteiger partial charge in [0.1, 0.15) is 0 Å². The Morgan fingerprint density at radius 3 is 2.26 bits per heavy atom. The normalized spacial score (nSPS) is 12.1. The molecule has 1 unspecified atom stereocenters. The van der Waals surface area contributed by atoms with E-state index in [-0.39, 0.29) is 0 Å². The van der Waals surface area contributed by atoms with Crippen LogP contribution in [0.3, 0.4) is 0 Å². The number of rotatable bonds is 9. The van der Waals surface area contributed by atoms with Gasteiger partial charge < -0.3 is 9.84 Å². The van der Waals surface area contributed by atoms with Crippen molar-refractivity contribution in [1.82, 2.24) is 9.97 Å². The molecule has 0 aliphatic rings. The van der Waals surface area contributed by atoms with Crippen LogP contribution in [0.15, 0.2) is 36.7 Å². The molecule has 0 aliphatic carbocycles. The van der Waals surface area contributed by atoms with Crippen LogP contribution in [-0.4, -0.2) is 21.7 Å². The molecule has 0 fully saturated rings. The lowest BCUT2D eigenvalue weighted by Gasteiger charge is -2.09. The lowest BCUT2D eigenvalue weighted by Crippen LogP contribution is -2.01. The molecule has 1 aromatic heterocycles. The maximum absolute atomic E-state index is 9.82. The molecule has 2 aromatic rings. The third kappa shape index (κ3) is 5.32. The lowest BCUT2D eigenvalue weighted by atomic mass is 10.0. The minimum atomic E-state index is -0.399. The Morgan fingerprint density at radius 1 is 0.957 bits per heavy atom. The molecule has 0 saturated carbocycles. The molecular formula is C19H26N2O2. The van der Waals surface area contributed by atoms with E-state index in [1.54, 1.807) is 12.4 Å². The summed E-state index contributed by atoms with van der Waals surface area (Å²) in [6, 6.07) is 8.29. The minimum Gasteiger partial charge on any atom is -0.463 e. The van der Waals surface area contributed by atoms with Crippen molar-refractivity contribution in [1.29, 1.82) is 0 Å². The third-order valence-corrected chi connectivity index (χ3v) is 3.87. The molecule has 1 aromatic carbocycles. The zero-order valence-electron chi connectivity index (χ0n) is 14.0. The predicted octanol–water partition coefficient (Wildman–Crippen LogP) is 4.55. The van der Waals surface area contributed by atoms with Gasteiger partial charge in [0.2, 0.25) is 0 Å². The molecule has 2 rings (SSSR count). The monoisotopic (exact) mass is 314 g/mol. The first-order valence-electron chi connectivity index (χ1n) is 8.47. The topological polar surface area (TPSA) is 55.2 Å². The van der Waals surface area contributed by atoms with Gasteiger partial charge in [-0.05, 0) is 24.0 Å². The van der Waals surface area contributed by atoms with Crippen LogP contribution in [-0.2, 0) is 0 Å². The summed E-state index contributed by atoms with van der Waals surface area (Å²) in [6.45, 7) is 4.83. The van der Waals surface area contributed by atoms with Crippen molar-refractivity contribution in [3.05, 3.63) is 42.2 Å². The van der Waals surface area contributed by atoms with Crippen LogP contribution in [0, 0.1) is 0 Å². The molecule has 0 aliphatic heterocycles. The van der Waals surface area contributed by atoms with Gasteiger partial charge >= 0.3 is 6.01 Å². The number of aromatic nitrogens is 2. The van der Waals surface area contributed by atoms with E-state index >= 15 is 0 Å². The van der Waals surface area contributed by atoms with Gasteiger partial charge in [0.15, 0.2) is 0 Å². The summed E-state index contributed by atoms with van der Waals surface area (Å²) in [7, 11) is 0. The van der Waals surface area contributed by atoms with Gasteiger partial charge in [-0.1, -0.05) is 57.4 Å².